The van der Waals surface area contributed by atoms with Gasteiger partial charge in [0.2, 0.25) is 0 Å². The fourth-order valence-electron chi connectivity index (χ4n) is 1.64. The van der Waals surface area contributed by atoms with E-state index in [4.69, 9.17) is 4.74 Å². The van der Waals surface area contributed by atoms with E-state index in [2.05, 4.69) is 15.4 Å². The number of nitrogens with one attached hydrogen (secondary N) is 1. The lowest BCUT2D eigenvalue weighted by molar-refractivity contribution is -0.123. The van der Waals surface area contributed by atoms with Crippen molar-refractivity contribution in [2.24, 2.45) is 0 Å². The predicted molar refractivity (Wildman–Crippen MR) is 76.0 cm³/mol. The summed E-state index contributed by atoms with van der Waals surface area (Å²) in [7, 11) is 0. The molecule has 7 heteroatoms. The van der Waals surface area contributed by atoms with Crippen molar-refractivity contribution in [2.75, 3.05) is 13.2 Å². The number of carbonyl (C=O) groups excluding carboxylic acids is 1. The quantitative estimate of drug-likeness (QED) is 0.817. The van der Waals surface area contributed by atoms with Gasteiger partial charge in [-0.25, -0.2) is 4.68 Å². The number of pyridine rings is 1. The van der Waals surface area contributed by atoms with Gasteiger partial charge in [0.15, 0.2) is 6.61 Å². The molecule has 0 unspecified atom stereocenters. The normalized spacial score (nSPS) is 10.1. The Kier molecular flexibility index (Phi) is 5.03. The van der Waals surface area contributed by atoms with Crippen LogP contribution >= 0.6 is 0 Å². The summed E-state index contributed by atoms with van der Waals surface area (Å²) in [5.41, 5.74) is 0.558. The highest BCUT2D eigenvalue weighted by molar-refractivity contribution is 5.77. The predicted octanol–water partition coefficient (Wildman–Crippen LogP) is 0.142. The molecule has 2 aromatic heterocycles. The van der Waals surface area contributed by atoms with Crippen LogP contribution in [0.5, 0.6) is 5.75 Å². The molecule has 1 N–H and O–H groups in total. The monoisotopic (exact) mass is 288 g/mol. The van der Waals surface area contributed by atoms with Crippen LogP contribution in [0.3, 0.4) is 0 Å². The molecule has 0 aliphatic rings. The molecule has 0 radical (unpaired) electrons. The molecule has 1 amide bonds. The first-order chi connectivity index (χ1) is 10.1. The standard InChI is InChI=1S/C14H16N4O3/c1-11-4-5-14(20)18(17-11)8-7-16-13(19)10-21-12-3-2-6-15-9-12/h2-6,9H,7-8,10H2,1H3,(H,16,19). The van der Waals surface area contributed by atoms with E-state index in [-0.39, 0.29) is 18.1 Å². The fraction of sp³-hybridized carbons (Fsp3) is 0.286. The Bertz CT molecular complexity index is 655. The van der Waals surface area contributed by atoms with Crippen molar-refractivity contribution in [3.8, 4) is 5.75 Å². The molecule has 7 nitrogen and oxygen atoms in total. The van der Waals surface area contributed by atoms with Crippen molar-refractivity contribution in [2.45, 2.75) is 13.5 Å². The molecule has 2 heterocycles. The van der Waals surface area contributed by atoms with Gasteiger partial charge in [-0.3, -0.25) is 14.6 Å². The Hall–Kier alpha value is -2.70. The number of hydrogen-bond donors (Lipinski definition) is 1. The van der Waals surface area contributed by atoms with E-state index in [9.17, 15) is 9.59 Å². The SMILES string of the molecule is Cc1ccc(=O)n(CCNC(=O)COc2cccnc2)n1. The largest absolute Gasteiger partial charge is 0.482 e. The molecule has 0 aliphatic heterocycles. The number of aryl methyl sites for hydroxylation is 1. The van der Waals surface area contributed by atoms with Gasteiger partial charge in [0.05, 0.1) is 18.4 Å². The van der Waals surface area contributed by atoms with Crippen LogP contribution in [0.15, 0.2) is 41.5 Å². The van der Waals surface area contributed by atoms with Crippen molar-refractivity contribution in [1.82, 2.24) is 20.1 Å². The minimum absolute atomic E-state index is 0.0954. The second-order valence-electron chi connectivity index (χ2n) is 4.36. The van der Waals surface area contributed by atoms with Crippen molar-refractivity contribution in [3.05, 3.63) is 52.7 Å². The van der Waals surface area contributed by atoms with Crippen LogP contribution < -0.4 is 15.6 Å². The Balaban J connectivity index is 1.74. The highest BCUT2D eigenvalue weighted by atomic mass is 16.5. The Morgan fingerprint density at radius 1 is 1.38 bits per heavy atom. The molecule has 0 spiro atoms. The van der Waals surface area contributed by atoms with Crippen LogP contribution in [-0.4, -0.2) is 33.8 Å². The Morgan fingerprint density at radius 2 is 2.24 bits per heavy atom. The maximum atomic E-state index is 11.6. The van der Waals surface area contributed by atoms with Gasteiger partial charge in [0.25, 0.3) is 11.5 Å². The van der Waals surface area contributed by atoms with Crippen LogP contribution in [0.25, 0.3) is 0 Å². The molecule has 2 rings (SSSR count). The molecular formula is C14H16N4O3. The number of rotatable bonds is 6. The average Bonchev–Trinajstić information content (AvgIpc) is 2.50. The summed E-state index contributed by atoms with van der Waals surface area (Å²) >= 11 is 0. The number of hydrogen-bond acceptors (Lipinski definition) is 5. The van der Waals surface area contributed by atoms with Crippen LogP contribution in [0.1, 0.15) is 5.69 Å². The van der Waals surface area contributed by atoms with E-state index in [0.29, 0.717) is 18.8 Å². The Morgan fingerprint density at radius 3 is 3.00 bits per heavy atom. The maximum Gasteiger partial charge on any atom is 0.266 e. The first-order valence-electron chi connectivity index (χ1n) is 6.49. The van der Waals surface area contributed by atoms with Crippen LogP contribution in [0.2, 0.25) is 0 Å². The van der Waals surface area contributed by atoms with Gasteiger partial charge in [-0.1, -0.05) is 0 Å². The van der Waals surface area contributed by atoms with Crippen molar-refractivity contribution in [1.29, 1.82) is 0 Å². The zero-order valence-corrected chi connectivity index (χ0v) is 11.7. The average molecular weight is 288 g/mol. The number of aromatic nitrogens is 3. The molecule has 0 saturated heterocycles. The fourth-order valence-corrected chi connectivity index (χ4v) is 1.64. The maximum absolute atomic E-state index is 11.6. The lowest BCUT2D eigenvalue weighted by Crippen LogP contribution is -2.34. The smallest absolute Gasteiger partial charge is 0.266 e. The minimum atomic E-state index is -0.264. The van der Waals surface area contributed by atoms with Gasteiger partial charge in [-0.2, -0.15) is 5.10 Å². The zero-order valence-electron chi connectivity index (χ0n) is 11.7. The lowest BCUT2D eigenvalue weighted by atomic mass is 10.4. The summed E-state index contributed by atoms with van der Waals surface area (Å²) in [5, 5.41) is 6.74. The summed E-state index contributed by atoms with van der Waals surface area (Å²) in [6.45, 7) is 2.34. The Labute approximate surface area is 121 Å². The summed E-state index contributed by atoms with van der Waals surface area (Å²) < 4.78 is 6.57. The third kappa shape index (κ3) is 4.72. The topological polar surface area (TPSA) is 86.1 Å². The highest BCUT2D eigenvalue weighted by Crippen LogP contribution is 2.05. The lowest BCUT2D eigenvalue weighted by Gasteiger charge is -2.08. The number of nitrogens with zero attached hydrogens (tertiary/aromatic N) is 3. The molecule has 21 heavy (non-hydrogen) atoms. The van der Waals surface area contributed by atoms with Gasteiger partial charge >= 0.3 is 0 Å². The summed E-state index contributed by atoms with van der Waals surface area (Å²) in [6, 6.07) is 6.55. The molecule has 0 saturated carbocycles. The second-order valence-corrected chi connectivity index (χ2v) is 4.36. The van der Waals surface area contributed by atoms with Crippen molar-refractivity contribution in [3.63, 3.8) is 0 Å². The van der Waals surface area contributed by atoms with Gasteiger partial charge < -0.3 is 10.1 Å². The summed E-state index contributed by atoms with van der Waals surface area (Å²) in [5.74, 6) is 0.267. The van der Waals surface area contributed by atoms with Crippen molar-refractivity contribution >= 4 is 5.91 Å². The van der Waals surface area contributed by atoms with E-state index < -0.39 is 0 Å². The molecule has 2 aromatic rings. The third-order valence-electron chi connectivity index (χ3n) is 2.65. The van der Waals surface area contributed by atoms with Gasteiger partial charge in [0.1, 0.15) is 5.75 Å². The van der Waals surface area contributed by atoms with Crippen LogP contribution in [0, 0.1) is 6.92 Å². The zero-order chi connectivity index (χ0) is 15.1. The molecule has 110 valence electrons. The molecule has 0 fully saturated rings. The second kappa shape index (κ2) is 7.18. The first kappa shape index (κ1) is 14.7. The first-order valence-corrected chi connectivity index (χ1v) is 6.49. The molecular weight excluding hydrogens is 272 g/mol. The van der Waals surface area contributed by atoms with E-state index in [1.165, 1.54) is 16.9 Å². The third-order valence-corrected chi connectivity index (χ3v) is 2.65. The van der Waals surface area contributed by atoms with Gasteiger partial charge in [0, 0.05) is 18.8 Å². The molecule has 0 aliphatic carbocycles. The van der Waals surface area contributed by atoms with Gasteiger partial charge in [-0.15, -0.1) is 0 Å². The van der Waals surface area contributed by atoms with Crippen LogP contribution in [-0.2, 0) is 11.3 Å². The number of amides is 1. The highest BCUT2D eigenvalue weighted by Gasteiger charge is 2.03. The minimum Gasteiger partial charge on any atom is -0.482 e. The van der Waals surface area contributed by atoms with Gasteiger partial charge in [-0.05, 0) is 25.1 Å². The number of ether oxygens (including phenoxy) is 1. The molecule has 0 atom stereocenters. The van der Waals surface area contributed by atoms with Crippen LogP contribution in [0.4, 0.5) is 0 Å². The van der Waals surface area contributed by atoms with E-state index in [0.717, 1.165) is 5.69 Å². The molecule has 0 bridgehead atoms. The van der Waals surface area contributed by atoms with E-state index >= 15 is 0 Å². The number of carbonyl (C=O) groups is 1. The molecule has 0 aromatic carbocycles. The summed E-state index contributed by atoms with van der Waals surface area (Å²) in [4.78, 5) is 27.0. The van der Waals surface area contributed by atoms with Crippen molar-refractivity contribution < 1.29 is 9.53 Å². The van der Waals surface area contributed by atoms with E-state index in [1.54, 1.807) is 31.3 Å². The summed E-state index contributed by atoms with van der Waals surface area (Å²) in [6.07, 6.45) is 3.16. The van der Waals surface area contributed by atoms with E-state index in [1.807, 2.05) is 0 Å².